The molecular weight excluding hydrogens is 370 g/mol. The van der Waals surface area contributed by atoms with E-state index in [4.69, 9.17) is 9.26 Å². The van der Waals surface area contributed by atoms with Gasteiger partial charge in [0.25, 0.3) is 0 Å². The van der Waals surface area contributed by atoms with E-state index in [1.165, 1.54) is 0 Å². The second-order valence-electron chi connectivity index (χ2n) is 7.92. The van der Waals surface area contributed by atoms with Crippen LogP contribution in [0, 0.1) is 5.92 Å². The maximum Gasteiger partial charge on any atom is 0.241 e. The summed E-state index contributed by atoms with van der Waals surface area (Å²) in [5.74, 6) is 2.46. The molecule has 3 heterocycles. The molecule has 0 unspecified atom stereocenters. The number of nitrogens with one attached hydrogen (secondary N) is 1. The van der Waals surface area contributed by atoms with E-state index in [1.54, 1.807) is 7.11 Å². The van der Waals surface area contributed by atoms with E-state index in [0.717, 1.165) is 56.9 Å². The second-order valence-corrected chi connectivity index (χ2v) is 7.92. The predicted molar refractivity (Wildman–Crippen MR) is 108 cm³/mol. The van der Waals surface area contributed by atoms with Crippen LogP contribution in [0.2, 0.25) is 0 Å². The van der Waals surface area contributed by atoms with Crippen LogP contribution in [0.4, 0.5) is 0 Å². The van der Waals surface area contributed by atoms with Crippen molar-refractivity contribution in [3.05, 3.63) is 30.2 Å². The maximum atomic E-state index is 12.8. The van der Waals surface area contributed by atoms with E-state index in [1.807, 2.05) is 29.2 Å². The van der Waals surface area contributed by atoms with Crippen molar-refractivity contribution in [2.24, 2.45) is 5.92 Å². The summed E-state index contributed by atoms with van der Waals surface area (Å²) in [5.41, 5.74) is 0.896. The van der Waals surface area contributed by atoms with Gasteiger partial charge in [-0.2, -0.15) is 4.98 Å². The zero-order valence-corrected chi connectivity index (χ0v) is 17.1. The molecule has 2 aliphatic heterocycles. The van der Waals surface area contributed by atoms with E-state index < -0.39 is 0 Å². The summed E-state index contributed by atoms with van der Waals surface area (Å²) in [4.78, 5) is 21.6. The molecule has 2 saturated heterocycles. The minimum atomic E-state index is 0.167. The molecule has 1 aromatic carbocycles. The van der Waals surface area contributed by atoms with Crippen LogP contribution in [0.5, 0.6) is 5.75 Å². The van der Waals surface area contributed by atoms with Crippen LogP contribution in [-0.2, 0) is 11.3 Å². The third kappa shape index (κ3) is 4.76. The Morgan fingerprint density at radius 3 is 2.69 bits per heavy atom. The van der Waals surface area contributed by atoms with Gasteiger partial charge in [-0.05, 0) is 50.6 Å². The highest BCUT2D eigenvalue weighted by molar-refractivity contribution is 5.79. The molecule has 0 bridgehead atoms. The number of benzene rings is 1. The lowest BCUT2D eigenvalue weighted by molar-refractivity contribution is -0.138. The molecule has 2 atom stereocenters. The van der Waals surface area contributed by atoms with Crippen molar-refractivity contribution in [2.45, 2.75) is 32.4 Å². The molecule has 29 heavy (non-hydrogen) atoms. The normalized spacial score (nSPS) is 23.2. The van der Waals surface area contributed by atoms with Crippen LogP contribution in [0.15, 0.2) is 28.8 Å². The summed E-state index contributed by atoms with van der Waals surface area (Å²) in [5, 5.41) is 7.51. The van der Waals surface area contributed by atoms with Crippen molar-refractivity contribution in [3.63, 3.8) is 0 Å². The number of piperazine rings is 1. The van der Waals surface area contributed by atoms with Gasteiger partial charge < -0.3 is 19.5 Å². The van der Waals surface area contributed by atoms with Crippen LogP contribution in [0.3, 0.4) is 0 Å². The van der Waals surface area contributed by atoms with E-state index in [-0.39, 0.29) is 5.92 Å². The van der Waals surface area contributed by atoms with Gasteiger partial charge in [-0.1, -0.05) is 5.16 Å². The fourth-order valence-corrected chi connectivity index (χ4v) is 4.11. The number of piperidine rings is 1. The average molecular weight is 399 g/mol. The smallest absolute Gasteiger partial charge is 0.241 e. The predicted octanol–water partition coefficient (Wildman–Crippen LogP) is 1.78. The topological polar surface area (TPSA) is 83.7 Å². The fourth-order valence-electron chi connectivity index (χ4n) is 4.11. The molecule has 0 aliphatic carbocycles. The fraction of sp³-hybridized carbons (Fsp3) is 0.571. The molecule has 2 fully saturated rings. The van der Waals surface area contributed by atoms with E-state index >= 15 is 0 Å². The summed E-state index contributed by atoms with van der Waals surface area (Å²) in [7, 11) is 1.64. The minimum Gasteiger partial charge on any atom is -0.497 e. The lowest BCUT2D eigenvalue weighted by Gasteiger charge is -2.37. The number of nitrogens with zero attached hydrogens (tertiary/aromatic N) is 4. The van der Waals surface area contributed by atoms with Gasteiger partial charge in [0, 0.05) is 43.7 Å². The Morgan fingerprint density at radius 2 is 2.00 bits per heavy atom. The van der Waals surface area contributed by atoms with Crippen LogP contribution in [0.1, 0.15) is 25.7 Å². The van der Waals surface area contributed by atoms with E-state index in [0.29, 0.717) is 30.2 Å². The SMILES string of the molecule is COc1ccc(-c2noc(CN3CCN(C(=O)[C@H]4CCN[C@@H](C)C4)CC3)n2)cc1. The first-order chi connectivity index (χ1) is 14.1. The molecule has 0 spiro atoms. The van der Waals surface area contributed by atoms with Gasteiger partial charge in [0.05, 0.1) is 13.7 Å². The van der Waals surface area contributed by atoms with Gasteiger partial charge in [-0.25, -0.2) is 0 Å². The Balaban J connectivity index is 1.28. The van der Waals surface area contributed by atoms with Gasteiger partial charge in [-0.3, -0.25) is 9.69 Å². The Hall–Kier alpha value is -2.45. The number of hydrogen-bond donors (Lipinski definition) is 1. The number of carbonyl (C=O) groups is 1. The lowest BCUT2D eigenvalue weighted by atomic mass is 9.92. The Morgan fingerprint density at radius 1 is 1.24 bits per heavy atom. The highest BCUT2D eigenvalue weighted by Crippen LogP contribution is 2.22. The van der Waals surface area contributed by atoms with Crippen LogP contribution in [0.25, 0.3) is 11.4 Å². The molecule has 4 rings (SSSR count). The Kier molecular flexibility index (Phi) is 6.10. The highest BCUT2D eigenvalue weighted by atomic mass is 16.5. The Labute approximate surface area is 171 Å². The maximum absolute atomic E-state index is 12.8. The summed E-state index contributed by atoms with van der Waals surface area (Å²) in [6, 6.07) is 8.02. The number of carbonyl (C=O) groups excluding carboxylic acids is 1. The van der Waals surface area contributed by atoms with Crippen molar-refractivity contribution in [1.82, 2.24) is 25.3 Å². The molecule has 8 nitrogen and oxygen atoms in total. The molecule has 0 saturated carbocycles. The van der Waals surface area contributed by atoms with Crippen molar-refractivity contribution in [3.8, 4) is 17.1 Å². The molecule has 8 heteroatoms. The van der Waals surface area contributed by atoms with Crippen molar-refractivity contribution < 1.29 is 14.1 Å². The first kappa shape index (κ1) is 19.8. The van der Waals surface area contributed by atoms with Gasteiger partial charge in [0.15, 0.2) is 0 Å². The molecule has 0 radical (unpaired) electrons. The van der Waals surface area contributed by atoms with E-state index in [9.17, 15) is 4.79 Å². The molecule has 1 aromatic heterocycles. The first-order valence-electron chi connectivity index (χ1n) is 10.3. The number of amides is 1. The number of hydrogen-bond acceptors (Lipinski definition) is 7. The third-order valence-electron chi connectivity index (χ3n) is 5.83. The summed E-state index contributed by atoms with van der Waals surface area (Å²) >= 11 is 0. The summed E-state index contributed by atoms with van der Waals surface area (Å²) in [6.07, 6.45) is 1.88. The standard InChI is InChI=1S/C21H29N5O3/c1-15-13-17(7-8-22-15)21(27)26-11-9-25(10-12-26)14-19-23-20(24-29-19)16-3-5-18(28-2)6-4-16/h3-6,15,17,22H,7-14H2,1-2H3/t15-,17-/m0/s1. The van der Waals surface area contributed by atoms with Gasteiger partial charge in [-0.15, -0.1) is 0 Å². The van der Waals surface area contributed by atoms with Crippen molar-refractivity contribution >= 4 is 5.91 Å². The zero-order chi connectivity index (χ0) is 20.2. The Bertz CT molecular complexity index is 814. The van der Waals surface area contributed by atoms with Crippen molar-refractivity contribution in [1.29, 1.82) is 0 Å². The monoisotopic (exact) mass is 399 g/mol. The molecule has 1 N–H and O–H groups in total. The second kappa shape index (κ2) is 8.92. The number of rotatable bonds is 5. The zero-order valence-electron chi connectivity index (χ0n) is 17.1. The van der Waals surface area contributed by atoms with Crippen LogP contribution in [-0.4, -0.2) is 71.7 Å². The molecular formula is C21H29N5O3. The van der Waals surface area contributed by atoms with Gasteiger partial charge in [0.1, 0.15) is 5.75 Å². The third-order valence-corrected chi connectivity index (χ3v) is 5.83. The lowest BCUT2D eigenvalue weighted by Crippen LogP contribution is -2.51. The van der Waals surface area contributed by atoms with Crippen molar-refractivity contribution in [2.75, 3.05) is 39.8 Å². The number of methoxy groups -OCH3 is 1. The minimum absolute atomic E-state index is 0.167. The van der Waals surface area contributed by atoms with E-state index in [2.05, 4.69) is 27.3 Å². The first-order valence-corrected chi connectivity index (χ1v) is 10.3. The average Bonchev–Trinajstić information content (AvgIpc) is 3.22. The largest absolute Gasteiger partial charge is 0.497 e. The number of aromatic nitrogens is 2. The highest BCUT2D eigenvalue weighted by Gasteiger charge is 2.30. The number of ether oxygens (including phenoxy) is 1. The van der Waals surface area contributed by atoms with Gasteiger partial charge in [0.2, 0.25) is 17.6 Å². The molecule has 1 amide bonds. The molecule has 2 aromatic rings. The van der Waals surface area contributed by atoms with Crippen LogP contribution < -0.4 is 10.1 Å². The van der Waals surface area contributed by atoms with Crippen LogP contribution >= 0.6 is 0 Å². The molecule has 156 valence electrons. The summed E-state index contributed by atoms with van der Waals surface area (Å²) in [6.45, 7) is 6.87. The quantitative estimate of drug-likeness (QED) is 0.820. The van der Waals surface area contributed by atoms with Gasteiger partial charge >= 0.3 is 0 Å². The summed E-state index contributed by atoms with van der Waals surface area (Å²) < 4.78 is 10.6. The molecule has 2 aliphatic rings.